The zero-order valence-corrected chi connectivity index (χ0v) is 13.6. The van der Waals surface area contributed by atoms with Crippen molar-refractivity contribution in [2.45, 2.75) is 77.6 Å². The van der Waals surface area contributed by atoms with Crippen molar-refractivity contribution in [1.82, 2.24) is 4.98 Å². The quantitative estimate of drug-likeness (QED) is 0.477. The van der Waals surface area contributed by atoms with Crippen LogP contribution < -0.4 is 5.73 Å². The molecule has 0 fully saturated rings. The molecule has 2 N–H and O–H groups in total. The Labute approximate surface area is 130 Å². The predicted octanol–water partition coefficient (Wildman–Crippen LogP) is 4.65. The van der Waals surface area contributed by atoms with Gasteiger partial charge in [-0.2, -0.15) is 0 Å². The van der Waals surface area contributed by atoms with Crippen LogP contribution in [0.2, 0.25) is 0 Å². The molecule has 0 saturated carbocycles. The van der Waals surface area contributed by atoms with E-state index in [-0.39, 0.29) is 6.41 Å². The minimum Gasteiger partial charge on any atom is -0.372 e. The minimum atomic E-state index is 0.250. The number of carbonyl (C=O) groups excluding carboxylic acids is 1. The Balaban J connectivity index is 0.00000122. The van der Waals surface area contributed by atoms with Gasteiger partial charge in [-0.25, -0.2) is 0 Å². The molecule has 0 atom stereocenters. The van der Waals surface area contributed by atoms with Crippen LogP contribution in [0.4, 0.5) is 0 Å². The fourth-order valence-electron chi connectivity index (χ4n) is 2.34. The average molecular weight is 292 g/mol. The van der Waals surface area contributed by atoms with Crippen molar-refractivity contribution in [2.24, 2.45) is 5.73 Å². The molecule has 1 rings (SSSR count). The highest BCUT2D eigenvalue weighted by atomic mass is 16.1. The number of unbranched alkanes of at least 4 members (excludes halogenated alkanes) is 9. The molecule has 1 aromatic heterocycles. The second kappa shape index (κ2) is 16.7. The lowest BCUT2D eigenvalue weighted by Gasteiger charge is -2.02. The molecule has 0 aliphatic carbocycles. The van der Waals surface area contributed by atoms with E-state index in [1.165, 1.54) is 69.9 Å². The van der Waals surface area contributed by atoms with Crippen molar-refractivity contribution in [3.63, 3.8) is 0 Å². The van der Waals surface area contributed by atoms with Gasteiger partial charge < -0.3 is 5.73 Å². The molecule has 0 unspecified atom stereocenters. The molecular formula is C18H32N2O. The Morgan fingerprint density at radius 2 is 1.48 bits per heavy atom. The number of hydrogen-bond acceptors (Lipinski definition) is 2. The van der Waals surface area contributed by atoms with Crippen LogP contribution in [0.3, 0.4) is 0 Å². The highest BCUT2D eigenvalue weighted by Gasteiger charge is 1.95. The van der Waals surface area contributed by atoms with E-state index in [1.807, 2.05) is 12.3 Å². The topological polar surface area (TPSA) is 56.0 Å². The van der Waals surface area contributed by atoms with E-state index in [4.69, 9.17) is 4.79 Å². The molecule has 1 heterocycles. The van der Waals surface area contributed by atoms with Gasteiger partial charge >= 0.3 is 0 Å². The minimum absolute atomic E-state index is 0.250. The van der Waals surface area contributed by atoms with Gasteiger partial charge in [-0.1, -0.05) is 70.8 Å². The molecule has 1 amide bonds. The van der Waals surface area contributed by atoms with Crippen LogP contribution in [0, 0.1) is 0 Å². The number of rotatable bonds is 11. The normalized spacial score (nSPS) is 9.76. The lowest BCUT2D eigenvalue weighted by molar-refractivity contribution is -0.106. The Bertz CT molecular complexity index is 314. The lowest BCUT2D eigenvalue weighted by Crippen LogP contribution is -1.89. The lowest BCUT2D eigenvalue weighted by atomic mass is 10.1. The number of carbonyl (C=O) groups is 1. The molecule has 0 aromatic carbocycles. The smallest absolute Gasteiger partial charge is 0.204 e. The summed E-state index contributed by atoms with van der Waals surface area (Å²) in [6.07, 6.45) is 17.3. The summed E-state index contributed by atoms with van der Waals surface area (Å²) in [6, 6.07) is 6.20. The van der Waals surface area contributed by atoms with Gasteiger partial charge in [-0.3, -0.25) is 9.78 Å². The third-order valence-electron chi connectivity index (χ3n) is 3.51. The van der Waals surface area contributed by atoms with E-state index in [9.17, 15) is 0 Å². The number of aryl methyl sites for hydroxylation is 1. The van der Waals surface area contributed by atoms with Crippen LogP contribution >= 0.6 is 0 Å². The highest BCUT2D eigenvalue weighted by Crippen LogP contribution is 2.11. The van der Waals surface area contributed by atoms with E-state index < -0.39 is 0 Å². The first-order chi connectivity index (χ1) is 10.3. The maximum absolute atomic E-state index is 8.58. The van der Waals surface area contributed by atoms with E-state index in [1.54, 1.807) is 0 Å². The monoisotopic (exact) mass is 292 g/mol. The molecule has 0 spiro atoms. The van der Waals surface area contributed by atoms with E-state index in [0.29, 0.717) is 0 Å². The van der Waals surface area contributed by atoms with E-state index in [0.717, 1.165) is 6.42 Å². The maximum atomic E-state index is 8.58. The Morgan fingerprint density at radius 1 is 0.952 bits per heavy atom. The summed E-state index contributed by atoms with van der Waals surface area (Å²) >= 11 is 0. The van der Waals surface area contributed by atoms with Gasteiger partial charge in [0.25, 0.3) is 0 Å². The van der Waals surface area contributed by atoms with Crippen molar-refractivity contribution >= 4 is 6.41 Å². The van der Waals surface area contributed by atoms with Gasteiger partial charge in [0.15, 0.2) is 0 Å². The van der Waals surface area contributed by atoms with E-state index >= 15 is 0 Å². The van der Waals surface area contributed by atoms with Gasteiger partial charge in [-0.05, 0) is 25.0 Å². The standard InChI is InChI=1S/C17H29N.CH3NO/c1-2-3-4-5-6-7-8-9-10-11-14-17-15-12-13-16-18-17;2-1-3/h12-13,15-16H,2-11,14H2,1H3;1H,(H2,2,3). The maximum Gasteiger partial charge on any atom is 0.204 e. The van der Waals surface area contributed by atoms with Gasteiger partial charge in [0.2, 0.25) is 6.41 Å². The molecule has 120 valence electrons. The average Bonchev–Trinajstić information content (AvgIpc) is 2.51. The molecule has 0 radical (unpaired) electrons. The second-order valence-corrected chi connectivity index (χ2v) is 5.39. The Kier molecular flexibility index (Phi) is 15.6. The summed E-state index contributed by atoms with van der Waals surface area (Å²) < 4.78 is 0. The molecule has 0 aliphatic heterocycles. The molecular weight excluding hydrogens is 260 g/mol. The largest absolute Gasteiger partial charge is 0.372 e. The van der Waals surface area contributed by atoms with Crippen molar-refractivity contribution in [3.8, 4) is 0 Å². The molecule has 0 bridgehead atoms. The van der Waals surface area contributed by atoms with Crippen molar-refractivity contribution in [1.29, 1.82) is 0 Å². The third-order valence-corrected chi connectivity index (χ3v) is 3.51. The van der Waals surface area contributed by atoms with Crippen molar-refractivity contribution in [3.05, 3.63) is 30.1 Å². The number of primary amides is 1. The summed E-state index contributed by atoms with van der Waals surface area (Å²) in [7, 11) is 0. The summed E-state index contributed by atoms with van der Waals surface area (Å²) in [5.74, 6) is 0. The third kappa shape index (κ3) is 14.8. The van der Waals surface area contributed by atoms with Crippen molar-refractivity contribution in [2.75, 3.05) is 0 Å². The fraction of sp³-hybridized carbons (Fsp3) is 0.667. The predicted molar refractivity (Wildman–Crippen MR) is 90.0 cm³/mol. The van der Waals surface area contributed by atoms with Gasteiger partial charge in [0.1, 0.15) is 0 Å². The van der Waals surface area contributed by atoms with Crippen LogP contribution in [-0.2, 0) is 11.2 Å². The second-order valence-electron chi connectivity index (χ2n) is 5.39. The highest BCUT2D eigenvalue weighted by molar-refractivity contribution is 5.42. The molecule has 3 heteroatoms. The Morgan fingerprint density at radius 3 is 1.95 bits per heavy atom. The summed E-state index contributed by atoms with van der Waals surface area (Å²) in [4.78, 5) is 12.9. The first kappa shape index (κ1) is 19.6. The van der Waals surface area contributed by atoms with Crippen LogP contribution in [0.25, 0.3) is 0 Å². The molecule has 1 aromatic rings. The number of amides is 1. The van der Waals surface area contributed by atoms with Gasteiger partial charge in [0.05, 0.1) is 0 Å². The number of aromatic nitrogens is 1. The Hall–Kier alpha value is -1.38. The zero-order valence-electron chi connectivity index (χ0n) is 13.6. The SMILES string of the molecule is CCCCCCCCCCCCc1ccccn1.NC=O. The molecule has 0 aliphatic rings. The molecule has 21 heavy (non-hydrogen) atoms. The summed E-state index contributed by atoms with van der Waals surface area (Å²) in [5, 5.41) is 0. The number of nitrogens with zero attached hydrogens (tertiary/aromatic N) is 1. The number of nitrogens with two attached hydrogens (primary N) is 1. The number of hydrogen-bond donors (Lipinski definition) is 1. The first-order valence-corrected chi connectivity index (χ1v) is 8.40. The molecule has 3 nitrogen and oxygen atoms in total. The van der Waals surface area contributed by atoms with Crippen LogP contribution in [0.5, 0.6) is 0 Å². The van der Waals surface area contributed by atoms with Crippen molar-refractivity contribution < 1.29 is 4.79 Å². The van der Waals surface area contributed by atoms with Gasteiger partial charge in [0, 0.05) is 11.9 Å². The van der Waals surface area contributed by atoms with Crippen LogP contribution in [0.1, 0.15) is 76.8 Å². The first-order valence-electron chi connectivity index (χ1n) is 8.40. The van der Waals surface area contributed by atoms with E-state index in [2.05, 4.69) is 29.8 Å². The summed E-state index contributed by atoms with van der Waals surface area (Å²) in [5.41, 5.74) is 5.41. The van der Waals surface area contributed by atoms with Crippen LogP contribution in [0.15, 0.2) is 24.4 Å². The zero-order chi connectivity index (χ0) is 15.6. The fourth-order valence-corrected chi connectivity index (χ4v) is 2.34. The van der Waals surface area contributed by atoms with Crippen LogP contribution in [-0.4, -0.2) is 11.4 Å². The molecule has 0 saturated heterocycles. The summed E-state index contributed by atoms with van der Waals surface area (Å²) in [6.45, 7) is 2.28. The van der Waals surface area contributed by atoms with Gasteiger partial charge in [-0.15, -0.1) is 0 Å². The number of pyridine rings is 1.